The molecule has 162 valence electrons. The Labute approximate surface area is 180 Å². The Hall–Kier alpha value is -1.79. The number of benzene rings is 1. The highest BCUT2D eigenvalue weighted by molar-refractivity contribution is 5.85. The van der Waals surface area contributed by atoms with E-state index in [4.69, 9.17) is 5.73 Å². The highest BCUT2D eigenvalue weighted by Gasteiger charge is 2.34. The van der Waals surface area contributed by atoms with Crippen molar-refractivity contribution >= 4 is 24.3 Å². The van der Waals surface area contributed by atoms with Crippen LogP contribution >= 0.6 is 12.4 Å². The number of carbonyl (C=O) groups is 2. The molecule has 2 atom stereocenters. The van der Waals surface area contributed by atoms with E-state index in [1.807, 2.05) is 23.1 Å². The molecule has 0 aromatic heterocycles. The fraction of sp³-hybridized carbons (Fsp3) is 0.636. The lowest BCUT2D eigenvalue weighted by Gasteiger charge is -2.23. The van der Waals surface area contributed by atoms with Crippen LogP contribution in [0.5, 0.6) is 0 Å². The molecule has 3 amide bonds. The van der Waals surface area contributed by atoms with Gasteiger partial charge in [-0.3, -0.25) is 4.79 Å². The maximum absolute atomic E-state index is 12.6. The van der Waals surface area contributed by atoms with Gasteiger partial charge in [0, 0.05) is 38.0 Å². The van der Waals surface area contributed by atoms with Gasteiger partial charge in [0.05, 0.1) is 0 Å². The Morgan fingerprint density at radius 3 is 2.48 bits per heavy atom. The van der Waals surface area contributed by atoms with Gasteiger partial charge in [0.25, 0.3) is 0 Å². The molecule has 29 heavy (non-hydrogen) atoms. The van der Waals surface area contributed by atoms with E-state index in [9.17, 15) is 9.59 Å². The Kier molecular flexibility index (Phi) is 9.74. The molecule has 2 fully saturated rings. The van der Waals surface area contributed by atoms with Gasteiger partial charge in [-0.2, -0.15) is 0 Å². The molecule has 1 aromatic rings. The quantitative estimate of drug-likeness (QED) is 0.590. The first-order valence-electron chi connectivity index (χ1n) is 10.7. The first-order valence-corrected chi connectivity index (χ1v) is 10.7. The number of carbonyl (C=O) groups excluding carboxylic acids is 2. The first-order chi connectivity index (χ1) is 13.7. The van der Waals surface area contributed by atoms with Crippen LogP contribution in [0.4, 0.5) is 4.79 Å². The number of urea groups is 1. The summed E-state index contributed by atoms with van der Waals surface area (Å²) < 4.78 is 0. The van der Waals surface area contributed by atoms with Crippen LogP contribution in [-0.4, -0.2) is 49.1 Å². The normalized spacial score (nSPS) is 22.0. The van der Waals surface area contributed by atoms with Crippen LogP contribution in [0, 0.1) is 5.92 Å². The largest absolute Gasteiger partial charge is 0.342 e. The summed E-state index contributed by atoms with van der Waals surface area (Å²) in [7, 11) is 0. The van der Waals surface area contributed by atoms with E-state index >= 15 is 0 Å². The van der Waals surface area contributed by atoms with E-state index in [1.165, 1.54) is 24.8 Å². The van der Waals surface area contributed by atoms with Crippen LogP contribution in [0.3, 0.4) is 0 Å². The lowest BCUT2D eigenvalue weighted by atomic mass is 9.89. The summed E-state index contributed by atoms with van der Waals surface area (Å²) in [5.74, 6) is 0.784. The Balaban J connectivity index is 0.00000300. The number of nitrogens with one attached hydrogen (secondary N) is 2. The van der Waals surface area contributed by atoms with Crippen LogP contribution in [0.25, 0.3) is 0 Å². The summed E-state index contributed by atoms with van der Waals surface area (Å²) in [6, 6.07) is 10.5. The molecule has 1 aliphatic carbocycles. The van der Waals surface area contributed by atoms with Gasteiger partial charge < -0.3 is 21.3 Å². The summed E-state index contributed by atoms with van der Waals surface area (Å²) in [4.78, 5) is 26.5. The smallest absolute Gasteiger partial charge is 0.315 e. The molecule has 0 radical (unpaired) electrons. The number of nitrogens with zero attached hydrogens (tertiary/aromatic N) is 1. The lowest BCUT2D eigenvalue weighted by molar-refractivity contribution is -0.130. The van der Waals surface area contributed by atoms with Crippen LogP contribution in [0.15, 0.2) is 30.3 Å². The molecule has 1 saturated carbocycles. The van der Waals surface area contributed by atoms with Gasteiger partial charge in [-0.1, -0.05) is 49.6 Å². The molecule has 1 saturated heterocycles. The van der Waals surface area contributed by atoms with Crippen molar-refractivity contribution < 1.29 is 9.59 Å². The number of likely N-dealkylation sites (tertiary alicyclic amines) is 1. The third kappa shape index (κ3) is 6.89. The summed E-state index contributed by atoms with van der Waals surface area (Å²) in [6.07, 6.45) is 6.94. The molecule has 6 nitrogen and oxygen atoms in total. The van der Waals surface area contributed by atoms with Gasteiger partial charge in [-0.05, 0) is 37.3 Å². The molecular weight excluding hydrogens is 388 g/mol. The summed E-state index contributed by atoms with van der Waals surface area (Å²) in [5, 5.41) is 5.93. The molecule has 1 aliphatic heterocycles. The van der Waals surface area contributed by atoms with Gasteiger partial charge in [0.15, 0.2) is 0 Å². The van der Waals surface area contributed by atoms with Gasteiger partial charge in [0.1, 0.15) is 0 Å². The zero-order valence-corrected chi connectivity index (χ0v) is 18.0. The molecule has 4 N–H and O–H groups in total. The molecule has 0 spiro atoms. The average Bonchev–Trinajstić information content (AvgIpc) is 3.17. The standard InChI is InChI=1S/C22H34N4O2.ClH/c23-14-18-15-26(16-20(18)17-8-3-1-4-9-17)21(27)12-7-13-24-22(28)25-19-10-5-2-6-11-19;/h1,3-4,8-9,18-20H,2,5-7,10-16,23H2,(H2,24,25,28);1H/t18-,20+;/m1./s1. The number of hydrogen-bond acceptors (Lipinski definition) is 3. The number of nitrogens with two attached hydrogens (primary N) is 1. The number of halogens is 1. The molecule has 3 rings (SSSR count). The molecule has 1 heterocycles. The highest BCUT2D eigenvalue weighted by Crippen LogP contribution is 2.32. The Morgan fingerprint density at radius 1 is 1.07 bits per heavy atom. The van der Waals surface area contributed by atoms with Crippen molar-refractivity contribution in [3.05, 3.63) is 35.9 Å². The topological polar surface area (TPSA) is 87.5 Å². The van der Waals surface area contributed by atoms with Crippen LogP contribution in [0.2, 0.25) is 0 Å². The average molecular weight is 423 g/mol. The first kappa shape index (κ1) is 23.5. The fourth-order valence-electron chi connectivity index (χ4n) is 4.47. The fourth-order valence-corrected chi connectivity index (χ4v) is 4.47. The van der Waals surface area contributed by atoms with Gasteiger partial charge in [-0.15, -0.1) is 12.4 Å². The van der Waals surface area contributed by atoms with E-state index in [-0.39, 0.29) is 24.3 Å². The maximum Gasteiger partial charge on any atom is 0.315 e. The van der Waals surface area contributed by atoms with Crippen molar-refractivity contribution in [2.45, 2.75) is 56.9 Å². The molecule has 1 aromatic carbocycles. The second-order valence-corrected chi connectivity index (χ2v) is 8.15. The van der Waals surface area contributed by atoms with Crippen molar-refractivity contribution in [1.29, 1.82) is 0 Å². The summed E-state index contributed by atoms with van der Waals surface area (Å²) in [6.45, 7) is 2.58. The van der Waals surface area contributed by atoms with Crippen LogP contribution in [0.1, 0.15) is 56.4 Å². The number of rotatable bonds is 7. The minimum Gasteiger partial charge on any atom is -0.342 e. The summed E-state index contributed by atoms with van der Waals surface area (Å²) in [5.41, 5.74) is 7.22. The predicted octanol–water partition coefficient (Wildman–Crippen LogP) is 3.02. The van der Waals surface area contributed by atoms with E-state index in [0.717, 1.165) is 25.9 Å². The monoisotopic (exact) mass is 422 g/mol. The second-order valence-electron chi connectivity index (χ2n) is 8.15. The molecule has 0 unspecified atom stereocenters. The molecule has 0 bridgehead atoms. The van der Waals surface area contributed by atoms with Gasteiger partial charge in [0.2, 0.25) is 5.91 Å². The Morgan fingerprint density at radius 2 is 1.79 bits per heavy atom. The van der Waals surface area contributed by atoms with Crippen molar-refractivity contribution in [2.75, 3.05) is 26.2 Å². The Bertz CT molecular complexity index is 637. The van der Waals surface area contributed by atoms with Crippen LogP contribution in [-0.2, 0) is 4.79 Å². The van der Waals surface area contributed by atoms with Crippen molar-refractivity contribution in [1.82, 2.24) is 15.5 Å². The van der Waals surface area contributed by atoms with E-state index < -0.39 is 0 Å². The zero-order chi connectivity index (χ0) is 19.8. The summed E-state index contributed by atoms with van der Waals surface area (Å²) >= 11 is 0. The number of amides is 3. The van der Waals surface area contributed by atoms with E-state index in [0.29, 0.717) is 43.8 Å². The van der Waals surface area contributed by atoms with Gasteiger partial charge in [-0.25, -0.2) is 4.79 Å². The minimum atomic E-state index is -0.104. The predicted molar refractivity (Wildman–Crippen MR) is 118 cm³/mol. The SMILES string of the molecule is Cl.NC[C@@H]1CN(C(=O)CCCNC(=O)NC2CCCCC2)C[C@H]1c1ccccc1. The van der Waals surface area contributed by atoms with Crippen LogP contribution < -0.4 is 16.4 Å². The van der Waals surface area contributed by atoms with E-state index in [2.05, 4.69) is 22.8 Å². The number of hydrogen-bond donors (Lipinski definition) is 3. The van der Waals surface area contributed by atoms with E-state index in [1.54, 1.807) is 0 Å². The maximum atomic E-state index is 12.6. The van der Waals surface area contributed by atoms with Crippen molar-refractivity contribution in [3.63, 3.8) is 0 Å². The third-order valence-corrected chi connectivity index (χ3v) is 6.12. The highest BCUT2D eigenvalue weighted by atomic mass is 35.5. The molecular formula is C22H35ClN4O2. The molecule has 2 aliphatic rings. The van der Waals surface area contributed by atoms with Crippen molar-refractivity contribution in [2.24, 2.45) is 11.7 Å². The van der Waals surface area contributed by atoms with Crippen molar-refractivity contribution in [3.8, 4) is 0 Å². The zero-order valence-electron chi connectivity index (χ0n) is 17.1. The molecule has 7 heteroatoms. The minimum absolute atomic E-state index is 0. The third-order valence-electron chi connectivity index (χ3n) is 6.12. The second kappa shape index (κ2) is 12.0. The van der Waals surface area contributed by atoms with Gasteiger partial charge >= 0.3 is 6.03 Å². The lowest BCUT2D eigenvalue weighted by Crippen LogP contribution is -2.43.